The SMILES string of the molecule is CCC(=S)OC1CCCCC1.CCC(=S)OC1CCCCC1. The van der Waals surface area contributed by atoms with Crippen LogP contribution < -0.4 is 0 Å². The van der Waals surface area contributed by atoms with Crippen LogP contribution in [0.1, 0.15) is 90.9 Å². The topological polar surface area (TPSA) is 18.5 Å². The molecular formula is C18H32O2S2. The third kappa shape index (κ3) is 9.04. The zero-order chi connectivity index (χ0) is 16.2. The number of ether oxygens (including phenoxy) is 2. The van der Waals surface area contributed by atoms with Crippen LogP contribution in [0.2, 0.25) is 0 Å². The monoisotopic (exact) mass is 344 g/mol. The summed E-state index contributed by atoms with van der Waals surface area (Å²) in [7, 11) is 0. The molecule has 0 N–H and O–H groups in total. The zero-order valence-corrected chi connectivity index (χ0v) is 15.9. The van der Waals surface area contributed by atoms with Crippen LogP contribution in [-0.2, 0) is 9.47 Å². The molecule has 4 heteroatoms. The van der Waals surface area contributed by atoms with Crippen LogP contribution in [0.15, 0.2) is 0 Å². The average Bonchev–Trinajstić information content (AvgIpc) is 2.57. The van der Waals surface area contributed by atoms with E-state index in [1.54, 1.807) is 0 Å². The van der Waals surface area contributed by atoms with Gasteiger partial charge in [-0.3, -0.25) is 0 Å². The van der Waals surface area contributed by atoms with Crippen molar-refractivity contribution in [3.8, 4) is 0 Å². The highest BCUT2D eigenvalue weighted by Gasteiger charge is 2.15. The van der Waals surface area contributed by atoms with E-state index in [9.17, 15) is 0 Å². The van der Waals surface area contributed by atoms with Gasteiger partial charge in [-0.05, 0) is 75.8 Å². The van der Waals surface area contributed by atoms with Gasteiger partial charge in [-0.15, -0.1) is 0 Å². The van der Waals surface area contributed by atoms with E-state index in [2.05, 4.69) is 0 Å². The fraction of sp³-hybridized carbons (Fsp3) is 0.889. The van der Waals surface area contributed by atoms with E-state index in [0.29, 0.717) is 12.2 Å². The Balaban J connectivity index is 0.000000220. The van der Waals surface area contributed by atoms with Gasteiger partial charge in [-0.1, -0.05) is 26.7 Å². The third-order valence-corrected chi connectivity index (χ3v) is 5.05. The Hall–Kier alpha value is -0.220. The van der Waals surface area contributed by atoms with Gasteiger partial charge in [0.25, 0.3) is 0 Å². The first-order chi connectivity index (χ1) is 10.7. The molecule has 2 saturated carbocycles. The third-order valence-electron chi connectivity index (χ3n) is 4.28. The number of hydrogen-bond acceptors (Lipinski definition) is 4. The van der Waals surface area contributed by atoms with E-state index in [4.69, 9.17) is 33.9 Å². The molecule has 0 unspecified atom stereocenters. The summed E-state index contributed by atoms with van der Waals surface area (Å²) in [6.07, 6.45) is 15.5. The summed E-state index contributed by atoms with van der Waals surface area (Å²) >= 11 is 10.0. The highest BCUT2D eigenvalue weighted by molar-refractivity contribution is 7.80. The predicted molar refractivity (Wildman–Crippen MR) is 102 cm³/mol. The molecule has 0 spiro atoms. The summed E-state index contributed by atoms with van der Waals surface area (Å²) in [6.45, 7) is 4.09. The standard InChI is InChI=1S/2C9H16OS/c2*1-2-9(11)10-8-6-4-3-5-7-8/h2*8H,2-7H2,1H3. The molecule has 22 heavy (non-hydrogen) atoms. The molecule has 0 bridgehead atoms. The van der Waals surface area contributed by atoms with E-state index in [0.717, 1.165) is 22.9 Å². The second-order valence-corrected chi connectivity index (χ2v) is 7.12. The molecule has 2 aliphatic carbocycles. The molecule has 2 nitrogen and oxygen atoms in total. The molecule has 0 aliphatic heterocycles. The van der Waals surface area contributed by atoms with Gasteiger partial charge in [0.15, 0.2) is 10.1 Å². The van der Waals surface area contributed by atoms with Crippen LogP contribution in [0.5, 0.6) is 0 Å². The molecule has 0 heterocycles. The van der Waals surface area contributed by atoms with Gasteiger partial charge in [0, 0.05) is 12.8 Å². The van der Waals surface area contributed by atoms with Gasteiger partial charge < -0.3 is 9.47 Å². The van der Waals surface area contributed by atoms with Crippen LogP contribution in [0.4, 0.5) is 0 Å². The van der Waals surface area contributed by atoms with Crippen molar-refractivity contribution >= 4 is 34.5 Å². The number of thiocarbonyl (C=S) groups is 2. The first kappa shape index (κ1) is 19.8. The van der Waals surface area contributed by atoms with Crippen LogP contribution >= 0.6 is 24.4 Å². The van der Waals surface area contributed by atoms with Crippen molar-refractivity contribution in [2.75, 3.05) is 0 Å². The largest absolute Gasteiger partial charge is 0.484 e. The Bertz CT molecular complexity index is 287. The van der Waals surface area contributed by atoms with Crippen LogP contribution in [0.25, 0.3) is 0 Å². The zero-order valence-electron chi connectivity index (χ0n) is 14.3. The van der Waals surface area contributed by atoms with E-state index in [1.807, 2.05) is 13.8 Å². The lowest BCUT2D eigenvalue weighted by atomic mass is 9.98. The van der Waals surface area contributed by atoms with Crippen molar-refractivity contribution in [3.63, 3.8) is 0 Å². The number of rotatable bonds is 4. The fourth-order valence-corrected chi connectivity index (χ4v) is 3.18. The molecule has 0 saturated heterocycles. The molecule has 0 radical (unpaired) electrons. The lowest BCUT2D eigenvalue weighted by molar-refractivity contribution is 0.144. The second-order valence-electron chi connectivity index (χ2n) is 6.21. The molecule has 128 valence electrons. The van der Waals surface area contributed by atoms with Gasteiger partial charge in [-0.25, -0.2) is 0 Å². The summed E-state index contributed by atoms with van der Waals surface area (Å²) in [4.78, 5) is 0. The fourth-order valence-electron chi connectivity index (χ4n) is 2.90. The van der Waals surface area contributed by atoms with Crippen LogP contribution in [0.3, 0.4) is 0 Å². The summed E-state index contributed by atoms with van der Waals surface area (Å²) in [5, 5.41) is 1.58. The van der Waals surface area contributed by atoms with E-state index >= 15 is 0 Å². The van der Waals surface area contributed by atoms with E-state index in [1.165, 1.54) is 64.2 Å². The smallest absolute Gasteiger partial charge is 0.159 e. The highest BCUT2D eigenvalue weighted by atomic mass is 32.1. The normalized spacial score (nSPS) is 19.7. The summed E-state index contributed by atoms with van der Waals surface area (Å²) < 4.78 is 11.1. The lowest BCUT2D eigenvalue weighted by Crippen LogP contribution is -2.19. The highest BCUT2D eigenvalue weighted by Crippen LogP contribution is 2.21. The van der Waals surface area contributed by atoms with Crippen molar-refractivity contribution in [3.05, 3.63) is 0 Å². The summed E-state index contributed by atoms with van der Waals surface area (Å²) in [6, 6.07) is 0. The van der Waals surface area contributed by atoms with Gasteiger partial charge >= 0.3 is 0 Å². The maximum Gasteiger partial charge on any atom is 0.159 e. The lowest BCUT2D eigenvalue weighted by Gasteiger charge is -2.22. The summed E-state index contributed by atoms with van der Waals surface area (Å²) in [5.41, 5.74) is 0. The Kier molecular flexibility index (Phi) is 11.0. The van der Waals surface area contributed by atoms with Gasteiger partial charge in [-0.2, -0.15) is 0 Å². The van der Waals surface area contributed by atoms with Crippen molar-refractivity contribution in [2.24, 2.45) is 0 Å². The second kappa shape index (κ2) is 12.2. The molecule has 0 aromatic carbocycles. The number of hydrogen-bond donors (Lipinski definition) is 0. The van der Waals surface area contributed by atoms with Crippen LogP contribution in [-0.4, -0.2) is 22.3 Å². The van der Waals surface area contributed by atoms with Gasteiger partial charge in [0.05, 0.1) is 12.2 Å². The van der Waals surface area contributed by atoms with Crippen molar-refractivity contribution < 1.29 is 9.47 Å². The molecule has 0 amide bonds. The van der Waals surface area contributed by atoms with Crippen molar-refractivity contribution in [2.45, 2.75) is 103 Å². The molecule has 2 aliphatic rings. The molecule has 0 aromatic rings. The van der Waals surface area contributed by atoms with E-state index in [-0.39, 0.29) is 0 Å². The summed E-state index contributed by atoms with van der Waals surface area (Å²) in [5.74, 6) is 0. The maximum absolute atomic E-state index is 5.57. The molecule has 2 fully saturated rings. The maximum atomic E-state index is 5.57. The first-order valence-electron chi connectivity index (χ1n) is 9.04. The molecule has 0 atom stereocenters. The first-order valence-corrected chi connectivity index (χ1v) is 9.86. The molecular weight excluding hydrogens is 312 g/mol. The van der Waals surface area contributed by atoms with Crippen LogP contribution in [0, 0.1) is 0 Å². The Labute approximate surface area is 147 Å². The Morgan fingerprint density at radius 2 is 1.00 bits per heavy atom. The molecule has 2 rings (SSSR count). The Morgan fingerprint density at radius 1 is 0.682 bits per heavy atom. The van der Waals surface area contributed by atoms with E-state index < -0.39 is 0 Å². The quantitative estimate of drug-likeness (QED) is 0.569. The Morgan fingerprint density at radius 3 is 1.27 bits per heavy atom. The minimum Gasteiger partial charge on any atom is -0.484 e. The van der Waals surface area contributed by atoms with Gasteiger partial charge in [0.1, 0.15) is 0 Å². The van der Waals surface area contributed by atoms with Crippen molar-refractivity contribution in [1.82, 2.24) is 0 Å². The van der Waals surface area contributed by atoms with Crippen molar-refractivity contribution in [1.29, 1.82) is 0 Å². The van der Waals surface area contributed by atoms with Gasteiger partial charge in [0.2, 0.25) is 0 Å². The molecule has 0 aromatic heterocycles. The minimum absolute atomic E-state index is 0.441. The average molecular weight is 345 g/mol. The predicted octanol–water partition coefficient (Wildman–Crippen LogP) is 6.15. The minimum atomic E-state index is 0.441.